The van der Waals surface area contributed by atoms with Crippen molar-refractivity contribution >= 4 is 0 Å². The molecule has 1 nitrogen and oxygen atoms in total. The van der Waals surface area contributed by atoms with E-state index in [2.05, 4.69) is 60.4 Å². The molecule has 0 radical (unpaired) electrons. The van der Waals surface area contributed by atoms with E-state index in [0.717, 1.165) is 11.3 Å². The summed E-state index contributed by atoms with van der Waals surface area (Å²) in [5, 5.41) is 0. The lowest BCUT2D eigenvalue weighted by atomic mass is 10.0. The number of rotatable bonds is 2. The molecule has 3 aromatic rings. The van der Waals surface area contributed by atoms with Gasteiger partial charge < -0.3 is 0 Å². The first-order valence-electron chi connectivity index (χ1n) is 6.41. The maximum absolute atomic E-state index is 4.40. The first-order valence-corrected chi connectivity index (χ1v) is 6.41. The molecule has 0 aliphatic carbocycles. The van der Waals surface area contributed by atoms with Crippen LogP contribution in [-0.2, 0) is 0 Å². The van der Waals surface area contributed by atoms with Crippen molar-refractivity contribution in [3.8, 4) is 22.4 Å². The zero-order valence-electron chi connectivity index (χ0n) is 10.9. The third kappa shape index (κ3) is 2.55. The normalized spacial score (nSPS) is 10.4. The van der Waals surface area contributed by atoms with Crippen LogP contribution >= 0.6 is 0 Å². The molecule has 0 atom stereocenters. The van der Waals surface area contributed by atoms with E-state index in [1.807, 2.05) is 24.4 Å². The average molecular weight is 245 g/mol. The van der Waals surface area contributed by atoms with Gasteiger partial charge in [-0.15, -0.1) is 0 Å². The van der Waals surface area contributed by atoms with Gasteiger partial charge in [0.25, 0.3) is 0 Å². The van der Waals surface area contributed by atoms with E-state index in [-0.39, 0.29) is 0 Å². The molecule has 0 aliphatic rings. The highest BCUT2D eigenvalue weighted by Gasteiger charge is 2.02. The summed E-state index contributed by atoms with van der Waals surface area (Å²) < 4.78 is 0. The molecule has 1 heteroatoms. The van der Waals surface area contributed by atoms with E-state index in [4.69, 9.17) is 0 Å². The van der Waals surface area contributed by atoms with Crippen molar-refractivity contribution in [2.45, 2.75) is 6.92 Å². The highest BCUT2D eigenvalue weighted by Crippen LogP contribution is 2.25. The molecule has 1 aromatic heterocycles. The molecule has 2 aromatic carbocycles. The molecule has 0 amide bonds. The molecular weight excluding hydrogens is 230 g/mol. The number of hydrogen-bond acceptors (Lipinski definition) is 1. The number of benzene rings is 2. The predicted molar refractivity (Wildman–Crippen MR) is 79.8 cm³/mol. The number of nitrogens with zero attached hydrogens (tertiary/aromatic N) is 1. The quantitative estimate of drug-likeness (QED) is 0.636. The van der Waals surface area contributed by atoms with E-state index < -0.39 is 0 Å². The summed E-state index contributed by atoms with van der Waals surface area (Å²) in [5.74, 6) is 0. The number of pyridine rings is 1. The molecule has 92 valence electrons. The number of aromatic nitrogens is 1. The summed E-state index contributed by atoms with van der Waals surface area (Å²) in [5.41, 5.74) is 5.92. The van der Waals surface area contributed by atoms with Crippen LogP contribution in [0.1, 0.15) is 5.56 Å². The second-order valence-corrected chi connectivity index (χ2v) is 4.67. The van der Waals surface area contributed by atoms with Gasteiger partial charge in [0, 0.05) is 11.8 Å². The van der Waals surface area contributed by atoms with Crippen molar-refractivity contribution in [1.29, 1.82) is 0 Å². The Balaban J connectivity index is 2.06. The molecule has 0 N–H and O–H groups in total. The molecule has 0 aliphatic heterocycles. The fourth-order valence-electron chi connectivity index (χ4n) is 2.22. The van der Waals surface area contributed by atoms with Crippen molar-refractivity contribution in [1.82, 2.24) is 4.98 Å². The van der Waals surface area contributed by atoms with Crippen LogP contribution in [0.5, 0.6) is 0 Å². The molecular formula is C18H15N. The van der Waals surface area contributed by atoms with Gasteiger partial charge in [0.05, 0.1) is 5.69 Å². The summed E-state index contributed by atoms with van der Waals surface area (Å²) in [7, 11) is 0. The SMILES string of the molecule is Cc1cccc(-c2cccc(-c3ccccn3)c2)c1. The Bertz CT molecular complexity index is 687. The average Bonchev–Trinajstić information content (AvgIpc) is 2.48. The van der Waals surface area contributed by atoms with Gasteiger partial charge in [0.1, 0.15) is 0 Å². The van der Waals surface area contributed by atoms with Crippen LogP contribution in [0.2, 0.25) is 0 Å². The van der Waals surface area contributed by atoms with Crippen molar-refractivity contribution in [3.05, 3.63) is 78.5 Å². The first kappa shape index (κ1) is 11.7. The second kappa shape index (κ2) is 5.07. The molecule has 3 rings (SSSR count). The van der Waals surface area contributed by atoms with Crippen molar-refractivity contribution in [2.24, 2.45) is 0 Å². The smallest absolute Gasteiger partial charge is 0.0702 e. The minimum atomic E-state index is 1.01. The summed E-state index contributed by atoms with van der Waals surface area (Å²) >= 11 is 0. The van der Waals surface area contributed by atoms with E-state index in [1.165, 1.54) is 16.7 Å². The zero-order chi connectivity index (χ0) is 13.1. The van der Waals surface area contributed by atoms with E-state index in [1.54, 1.807) is 0 Å². The van der Waals surface area contributed by atoms with Crippen LogP contribution < -0.4 is 0 Å². The van der Waals surface area contributed by atoms with Crippen LogP contribution in [0.15, 0.2) is 72.9 Å². The van der Waals surface area contributed by atoms with Crippen LogP contribution in [0.3, 0.4) is 0 Å². The molecule has 0 bridgehead atoms. The maximum Gasteiger partial charge on any atom is 0.0702 e. The Morgan fingerprint density at radius 2 is 1.42 bits per heavy atom. The lowest BCUT2D eigenvalue weighted by Crippen LogP contribution is -1.84. The van der Waals surface area contributed by atoms with E-state index >= 15 is 0 Å². The Labute approximate surface area is 113 Å². The third-order valence-corrected chi connectivity index (χ3v) is 3.17. The van der Waals surface area contributed by atoms with Crippen molar-refractivity contribution in [2.75, 3.05) is 0 Å². The standard InChI is InChI=1S/C18H15N/c1-14-6-4-7-15(12-14)16-8-5-9-17(13-16)18-10-2-3-11-19-18/h2-13H,1H3. The molecule has 1 heterocycles. The molecule has 0 saturated heterocycles. The third-order valence-electron chi connectivity index (χ3n) is 3.17. The highest BCUT2D eigenvalue weighted by atomic mass is 14.7. The van der Waals surface area contributed by atoms with Crippen LogP contribution in [-0.4, -0.2) is 4.98 Å². The molecule has 0 fully saturated rings. The van der Waals surface area contributed by atoms with E-state index in [0.29, 0.717) is 0 Å². The molecule has 0 saturated carbocycles. The van der Waals surface area contributed by atoms with Gasteiger partial charge in [-0.3, -0.25) is 4.98 Å². The molecule has 0 unspecified atom stereocenters. The minimum Gasteiger partial charge on any atom is -0.256 e. The Hall–Kier alpha value is -2.41. The molecule has 19 heavy (non-hydrogen) atoms. The monoisotopic (exact) mass is 245 g/mol. The van der Waals surface area contributed by atoms with Gasteiger partial charge >= 0.3 is 0 Å². The lowest BCUT2D eigenvalue weighted by molar-refractivity contribution is 1.33. The largest absolute Gasteiger partial charge is 0.256 e. The fourth-order valence-corrected chi connectivity index (χ4v) is 2.22. The summed E-state index contributed by atoms with van der Waals surface area (Å²) in [4.78, 5) is 4.40. The maximum atomic E-state index is 4.40. The highest BCUT2D eigenvalue weighted by molar-refractivity contribution is 5.71. The Morgan fingerprint density at radius 1 is 0.684 bits per heavy atom. The van der Waals surface area contributed by atoms with Crippen molar-refractivity contribution < 1.29 is 0 Å². The Morgan fingerprint density at radius 3 is 2.16 bits per heavy atom. The lowest BCUT2D eigenvalue weighted by Gasteiger charge is -2.06. The summed E-state index contributed by atoms with van der Waals surface area (Å²) in [6.07, 6.45) is 1.83. The first-order chi connectivity index (χ1) is 9.33. The van der Waals surface area contributed by atoms with Crippen molar-refractivity contribution in [3.63, 3.8) is 0 Å². The van der Waals surface area contributed by atoms with Gasteiger partial charge in [-0.25, -0.2) is 0 Å². The second-order valence-electron chi connectivity index (χ2n) is 4.67. The predicted octanol–water partition coefficient (Wildman–Crippen LogP) is 4.72. The van der Waals surface area contributed by atoms with Gasteiger partial charge in [-0.05, 0) is 36.2 Å². The summed E-state index contributed by atoms with van der Waals surface area (Å²) in [6, 6.07) is 23.1. The number of aryl methyl sites for hydroxylation is 1. The number of hydrogen-bond donors (Lipinski definition) is 0. The van der Waals surface area contributed by atoms with Crippen LogP contribution in [0.4, 0.5) is 0 Å². The molecule has 0 spiro atoms. The van der Waals surface area contributed by atoms with Crippen LogP contribution in [0.25, 0.3) is 22.4 Å². The van der Waals surface area contributed by atoms with Gasteiger partial charge in [0.2, 0.25) is 0 Å². The van der Waals surface area contributed by atoms with E-state index in [9.17, 15) is 0 Å². The van der Waals surface area contributed by atoms with Crippen LogP contribution in [0, 0.1) is 6.92 Å². The van der Waals surface area contributed by atoms with Gasteiger partial charge in [-0.2, -0.15) is 0 Å². The Kier molecular flexibility index (Phi) is 3.11. The van der Waals surface area contributed by atoms with Gasteiger partial charge in [0.15, 0.2) is 0 Å². The topological polar surface area (TPSA) is 12.9 Å². The van der Waals surface area contributed by atoms with Gasteiger partial charge in [-0.1, -0.05) is 54.1 Å². The summed E-state index contributed by atoms with van der Waals surface area (Å²) in [6.45, 7) is 2.12. The zero-order valence-corrected chi connectivity index (χ0v) is 10.9. The minimum absolute atomic E-state index is 1.01. The fraction of sp³-hybridized carbons (Fsp3) is 0.0556.